The van der Waals surface area contributed by atoms with Gasteiger partial charge in [0.1, 0.15) is 5.01 Å². The van der Waals surface area contributed by atoms with E-state index in [1.165, 1.54) is 5.56 Å². The van der Waals surface area contributed by atoms with Crippen molar-refractivity contribution in [2.75, 3.05) is 20.2 Å². The summed E-state index contributed by atoms with van der Waals surface area (Å²) in [6.45, 7) is 2.25. The zero-order chi connectivity index (χ0) is 14.2. The monoisotopic (exact) mass is 290 g/mol. The van der Waals surface area contributed by atoms with Crippen LogP contribution >= 0.6 is 11.3 Å². The summed E-state index contributed by atoms with van der Waals surface area (Å²) < 4.78 is 0. The smallest absolute Gasteiger partial charge is 0.123 e. The molecular formula is C16H22N2OS. The molecule has 0 saturated heterocycles. The van der Waals surface area contributed by atoms with Crippen LogP contribution in [0.2, 0.25) is 0 Å². The maximum absolute atomic E-state index is 8.76. The molecule has 20 heavy (non-hydrogen) atoms. The van der Waals surface area contributed by atoms with E-state index in [0.29, 0.717) is 6.61 Å². The van der Waals surface area contributed by atoms with Gasteiger partial charge in [-0.1, -0.05) is 30.3 Å². The van der Waals surface area contributed by atoms with Gasteiger partial charge in [-0.25, -0.2) is 4.98 Å². The van der Waals surface area contributed by atoms with E-state index in [-0.39, 0.29) is 0 Å². The van der Waals surface area contributed by atoms with Crippen molar-refractivity contribution >= 4 is 11.3 Å². The minimum atomic E-state index is 0.302. The fourth-order valence-electron chi connectivity index (χ4n) is 2.12. The van der Waals surface area contributed by atoms with Crippen LogP contribution in [0.3, 0.4) is 0 Å². The van der Waals surface area contributed by atoms with Crippen molar-refractivity contribution < 1.29 is 5.11 Å². The zero-order valence-electron chi connectivity index (χ0n) is 12.0. The van der Waals surface area contributed by atoms with Gasteiger partial charge in [-0.3, -0.25) is 0 Å². The molecule has 1 N–H and O–H groups in total. The average Bonchev–Trinajstić information content (AvgIpc) is 2.93. The molecule has 1 aromatic heterocycles. The minimum absolute atomic E-state index is 0.302. The highest BCUT2D eigenvalue weighted by atomic mass is 32.1. The second-order valence-electron chi connectivity index (χ2n) is 5.03. The lowest BCUT2D eigenvalue weighted by atomic mass is 10.2. The Hall–Kier alpha value is -1.23. The summed E-state index contributed by atoms with van der Waals surface area (Å²) >= 11 is 1.71. The lowest BCUT2D eigenvalue weighted by Gasteiger charge is -2.14. The standard InChI is InChI=1S/C16H22N2OS/c1-18(10-6-3-7-11-19)12-15-13-20-16(17-15)14-8-4-2-5-9-14/h2,4-5,8-9,13,19H,3,6-7,10-12H2,1H3. The summed E-state index contributed by atoms with van der Waals surface area (Å²) in [4.78, 5) is 6.99. The maximum Gasteiger partial charge on any atom is 0.123 e. The van der Waals surface area contributed by atoms with E-state index in [2.05, 4.69) is 29.5 Å². The second-order valence-corrected chi connectivity index (χ2v) is 5.89. The first-order valence-electron chi connectivity index (χ1n) is 7.09. The van der Waals surface area contributed by atoms with Crippen molar-refractivity contribution in [3.05, 3.63) is 41.4 Å². The molecule has 0 aliphatic carbocycles. The summed E-state index contributed by atoms with van der Waals surface area (Å²) in [5, 5.41) is 12.0. The van der Waals surface area contributed by atoms with Gasteiger partial charge in [0.25, 0.3) is 0 Å². The van der Waals surface area contributed by atoms with Crippen LogP contribution in [0.15, 0.2) is 35.7 Å². The number of thiazole rings is 1. The molecule has 3 nitrogen and oxygen atoms in total. The average molecular weight is 290 g/mol. The third-order valence-corrected chi connectivity index (χ3v) is 4.14. The predicted molar refractivity (Wildman–Crippen MR) is 84.8 cm³/mol. The van der Waals surface area contributed by atoms with E-state index in [1.807, 2.05) is 18.2 Å². The van der Waals surface area contributed by atoms with Crippen LogP contribution in [-0.4, -0.2) is 35.2 Å². The Labute approximate surface area is 124 Å². The van der Waals surface area contributed by atoms with E-state index in [1.54, 1.807) is 11.3 Å². The normalized spacial score (nSPS) is 11.2. The Balaban J connectivity index is 1.83. The van der Waals surface area contributed by atoms with Crippen molar-refractivity contribution in [2.45, 2.75) is 25.8 Å². The summed E-state index contributed by atoms with van der Waals surface area (Å²) in [5.74, 6) is 0. The first kappa shape index (κ1) is 15.2. The van der Waals surface area contributed by atoms with E-state index >= 15 is 0 Å². The van der Waals surface area contributed by atoms with Gasteiger partial charge in [0, 0.05) is 24.1 Å². The molecule has 2 aromatic rings. The van der Waals surface area contributed by atoms with Gasteiger partial charge in [-0.05, 0) is 32.9 Å². The maximum atomic E-state index is 8.76. The number of rotatable bonds is 8. The zero-order valence-corrected chi connectivity index (χ0v) is 12.8. The largest absolute Gasteiger partial charge is 0.396 e. The van der Waals surface area contributed by atoms with Crippen molar-refractivity contribution in [3.8, 4) is 10.6 Å². The first-order valence-corrected chi connectivity index (χ1v) is 7.97. The number of aliphatic hydroxyl groups excluding tert-OH is 1. The number of aliphatic hydroxyl groups is 1. The third-order valence-electron chi connectivity index (χ3n) is 3.20. The molecule has 0 amide bonds. The van der Waals surface area contributed by atoms with Crippen LogP contribution < -0.4 is 0 Å². The quantitative estimate of drug-likeness (QED) is 0.757. The first-order chi connectivity index (χ1) is 9.79. The van der Waals surface area contributed by atoms with Crippen molar-refractivity contribution in [2.24, 2.45) is 0 Å². The van der Waals surface area contributed by atoms with Gasteiger partial charge in [0.15, 0.2) is 0 Å². The minimum Gasteiger partial charge on any atom is -0.396 e. The predicted octanol–water partition coefficient (Wildman–Crippen LogP) is 3.40. The summed E-state index contributed by atoms with van der Waals surface area (Å²) in [6, 6.07) is 10.3. The summed E-state index contributed by atoms with van der Waals surface area (Å²) in [5.41, 5.74) is 2.33. The van der Waals surface area contributed by atoms with E-state index in [0.717, 1.165) is 43.1 Å². The Morgan fingerprint density at radius 3 is 2.70 bits per heavy atom. The lowest BCUT2D eigenvalue weighted by molar-refractivity contribution is 0.270. The van der Waals surface area contributed by atoms with Gasteiger partial charge >= 0.3 is 0 Å². The number of benzene rings is 1. The lowest BCUT2D eigenvalue weighted by Crippen LogP contribution is -2.19. The molecule has 0 aliphatic rings. The molecule has 0 atom stereocenters. The van der Waals surface area contributed by atoms with Gasteiger partial charge in [-0.2, -0.15) is 0 Å². The highest BCUT2D eigenvalue weighted by molar-refractivity contribution is 7.13. The van der Waals surface area contributed by atoms with Crippen LogP contribution in [0.4, 0.5) is 0 Å². The molecular weight excluding hydrogens is 268 g/mol. The summed E-state index contributed by atoms with van der Waals surface area (Å²) in [6.07, 6.45) is 3.13. The Bertz CT molecular complexity index is 498. The Morgan fingerprint density at radius 2 is 1.95 bits per heavy atom. The topological polar surface area (TPSA) is 36.4 Å². The van der Waals surface area contributed by atoms with Crippen LogP contribution in [0.25, 0.3) is 10.6 Å². The fourth-order valence-corrected chi connectivity index (χ4v) is 2.94. The molecule has 0 aliphatic heterocycles. The molecule has 1 heterocycles. The fraction of sp³-hybridized carbons (Fsp3) is 0.438. The van der Waals surface area contributed by atoms with Gasteiger partial charge in [-0.15, -0.1) is 11.3 Å². The third kappa shape index (κ3) is 4.71. The molecule has 0 bridgehead atoms. The summed E-state index contributed by atoms with van der Waals surface area (Å²) in [7, 11) is 2.13. The van der Waals surface area contributed by atoms with Crippen molar-refractivity contribution in [1.82, 2.24) is 9.88 Å². The van der Waals surface area contributed by atoms with Gasteiger partial charge in [0.05, 0.1) is 5.69 Å². The van der Waals surface area contributed by atoms with Gasteiger partial charge in [0.2, 0.25) is 0 Å². The van der Waals surface area contributed by atoms with Crippen LogP contribution in [0.5, 0.6) is 0 Å². The van der Waals surface area contributed by atoms with Crippen LogP contribution in [0, 0.1) is 0 Å². The van der Waals surface area contributed by atoms with E-state index < -0.39 is 0 Å². The molecule has 0 spiro atoms. The SMILES string of the molecule is CN(CCCCCO)Cc1csc(-c2ccccc2)n1. The molecule has 0 unspecified atom stereocenters. The molecule has 0 saturated carbocycles. The molecule has 4 heteroatoms. The van der Waals surface area contributed by atoms with Crippen molar-refractivity contribution in [1.29, 1.82) is 0 Å². The molecule has 0 fully saturated rings. The molecule has 108 valence electrons. The Morgan fingerprint density at radius 1 is 1.15 bits per heavy atom. The molecule has 2 rings (SSSR count). The second kappa shape index (κ2) is 8.15. The van der Waals surface area contributed by atoms with Gasteiger partial charge < -0.3 is 10.0 Å². The highest BCUT2D eigenvalue weighted by Crippen LogP contribution is 2.23. The number of hydrogen-bond acceptors (Lipinski definition) is 4. The number of aromatic nitrogens is 1. The molecule has 1 aromatic carbocycles. The van der Waals surface area contributed by atoms with Crippen LogP contribution in [-0.2, 0) is 6.54 Å². The van der Waals surface area contributed by atoms with E-state index in [4.69, 9.17) is 10.1 Å². The highest BCUT2D eigenvalue weighted by Gasteiger charge is 2.06. The van der Waals surface area contributed by atoms with Crippen LogP contribution in [0.1, 0.15) is 25.0 Å². The number of unbranched alkanes of at least 4 members (excludes halogenated alkanes) is 2. The molecule has 0 radical (unpaired) electrons. The number of nitrogens with zero attached hydrogens (tertiary/aromatic N) is 2. The van der Waals surface area contributed by atoms with E-state index in [9.17, 15) is 0 Å². The number of hydrogen-bond donors (Lipinski definition) is 1. The Kier molecular flexibility index (Phi) is 6.18. The van der Waals surface area contributed by atoms with Crippen molar-refractivity contribution in [3.63, 3.8) is 0 Å².